The van der Waals surface area contributed by atoms with E-state index in [0.717, 1.165) is 9.86 Å². The molecule has 0 bridgehead atoms. The molecule has 2 aromatic carbocycles. The van der Waals surface area contributed by atoms with E-state index in [9.17, 15) is 4.79 Å². The second-order valence-corrected chi connectivity index (χ2v) is 6.16. The van der Waals surface area contributed by atoms with Crippen LogP contribution in [0.15, 0.2) is 63.7 Å². The molecule has 0 aliphatic rings. The summed E-state index contributed by atoms with van der Waals surface area (Å²) in [5, 5.41) is 3.54. The fourth-order valence-corrected chi connectivity index (χ4v) is 3.35. The Bertz CT molecular complexity index is 838. The van der Waals surface area contributed by atoms with Crippen LogP contribution in [0, 0.1) is 0 Å². The van der Waals surface area contributed by atoms with E-state index < -0.39 is 6.09 Å². The van der Waals surface area contributed by atoms with Gasteiger partial charge in [-0.15, -0.1) is 0 Å². The van der Waals surface area contributed by atoms with Crippen molar-refractivity contribution in [3.8, 4) is 5.75 Å². The molecule has 0 radical (unpaired) electrons. The molecule has 110 valence electrons. The zero-order valence-electron chi connectivity index (χ0n) is 11.2. The number of carbonyl (C=O) groups excluding carboxylic acids is 1. The van der Waals surface area contributed by atoms with Crippen LogP contribution >= 0.6 is 31.9 Å². The summed E-state index contributed by atoms with van der Waals surface area (Å²) in [7, 11) is 0. The molecule has 22 heavy (non-hydrogen) atoms. The molecule has 6 heteroatoms. The lowest BCUT2D eigenvalue weighted by Crippen LogP contribution is -2.17. The van der Waals surface area contributed by atoms with Gasteiger partial charge >= 0.3 is 6.09 Å². The van der Waals surface area contributed by atoms with Crippen LogP contribution in [0.4, 0.5) is 10.5 Å². The van der Waals surface area contributed by atoms with Crippen molar-refractivity contribution in [2.24, 2.45) is 0 Å². The van der Waals surface area contributed by atoms with Crippen LogP contribution in [0.2, 0.25) is 0 Å². The summed E-state index contributed by atoms with van der Waals surface area (Å²) < 4.78 is 6.96. The number of hydrogen-bond donors (Lipinski definition) is 1. The Morgan fingerprint density at radius 2 is 1.82 bits per heavy atom. The molecule has 3 rings (SSSR count). The highest BCUT2D eigenvalue weighted by Crippen LogP contribution is 2.37. The number of pyridine rings is 1. The van der Waals surface area contributed by atoms with Crippen molar-refractivity contribution in [3.05, 3.63) is 63.7 Å². The molecule has 0 saturated heterocycles. The first-order valence-electron chi connectivity index (χ1n) is 6.42. The van der Waals surface area contributed by atoms with E-state index in [2.05, 4.69) is 42.2 Å². The minimum atomic E-state index is -0.568. The molecule has 0 spiro atoms. The van der Waals surface area contributed by atoms with Crippen molar-refractivity contribution in [3.63, 3.8) is 0 Å². The van der Waals surface area contributed by atoms with Crippen molar-refractivity contribution in [2.75, 3.05) is 5.32 Å². The molecule has 0 atom stereocenters. The minimum absolute atomic E-state index is 0.382. The molecular formula is C16H10Br2N2O2. The van der Waals surface area contributed by atoms with Gasteiger partial charge in [-0.1, -0.05) is 40.2 Å². The molecule has 1 heterocycles. The van der Waals surface area contributed by atoms with Gasteiger partial charge in [0.05, 0.1) is 4.47 Å². The Balaban J connectivity index is 1.92. The minimum Gasteiger partial charge on any atom is -0.407 e. The van der Waals surface area contributed by atoms with Gasteiger partial charge in [0.1, 0.15) is 5.52 Å². The summed E-state index contributed by atoms with van der Waals surface area (Å²) in [6.07, 6.45) is 1.09. The molecule has 0 unspecified atom stereocenters. The number of benzene rings is 2. The van der Waals surface area contributed by atoms with Crippen molar-refractivity contribution in [1.82, 2.24) is 4.98 Å². The number of ether oxygens (including phenoxy) is 1. The van der Waals surface area contributed by atoms with Gasteiger partial charge < -0.3 is 4.74 Å². The van der Waals surface area contributed by atoms with Crippen LogP contribution in [0.5, 0.6) is 5.75 Å². The maximum absolute atomic E-state index is 12.1. The van der Waals surface area contributed by atoms with Crippen molar-refractivity contribution in [2.45, 2.75) is 0 Å². The van der Waals surface area contributed by atoms with Gasteiger partial charge in [0.2, 0.25) is 0 Å². The molecule has 0 aliphatic heterocycles. The summed E-state index contributed by atoms with van der Waals surface area (Å²) in [4.78, 5) is 16.4. The molecule has 3 aromatic rings. The number of fused-ring (bicyclic) bond motifs is 1. The second kappa shape index (κ2) is 6.46. The quantitative estimate of drug-likeness (QED) is 0.605. The molecule has 1 N–H and O–H groups in total. The molecule has 0 saturated carbocycles. The lowest BCUT2D eigenvalue weighted by atomic mass is 10.2. The highest BCUT2D eigenvalue weighted by Gasteiger charge is 2.15. The summed E-state index contributed by atoms with van der Waals surface area (Å²) in [5.41, 5.74) is 1.27. The predicted molar refractivity (Wildman–Crippen MR) is 93.2 cm³/mol. The third-order valence-corrected chi connectivity index (χ3v) is 4.21. The van der Waals surface area contributed by atoms with Crippen LogP contribution in [0.1, 0.15) is 0 Å². The van der Waals surface area contributed by atoms with E-state index in [1.54, 1.807) is 18.3 Å². The lowest BCUT2D eigenvalue weighted by Gasteiger charge is -2.11. The fraction of sp³-hybridized carbons (Fsp3) is 0. The van der Waals surface area contributed by atoms with Gasteiger partial charge in [0.25, 0.3) is 0 Å². The molecule has 0 aliphatic carbocycles. The van der Waals surface area contributed by atoms with Crippen LogP contribution in [-0.2, 0) is 0 Å². The number of anilines is 1. The molecule has 0 fully saturated rings. The molecular weight excluding hydrogens is 412 g/mol. The third kappa shape index (κ3) is 3.13. The Labute approximate surface area is 143 Å². The summed E-state index contributed by atoms with van der Waals surface area (Å²) in [5.74, 6) is 0.382. The van der Waals surface area contributed by atoms with Gasteiger partial charge in [-0.25, -0.2) is 4.79 Å². The van der Waals surface area contributed by atoms with Gasteiger partial charge in [-0.05, 0) is 40.2 Å². The highest BCUT2D eigenvalue weighted by molar-refractivity contribution is 9.11. The van der Waals surface area contributed by atoms with Crippen LogP contribution in [-0.4, -0.2) is 11.1 Å². The number of halogens is 2. The summed E-state index contributed by atoms with van der Waals surface area (Å²) in [6.45, 7) is 0. The monoisotopic (exact) mass is 420 g/mol. The maximum atomic E-state index is 12.1. The first-order valence-corrected chi connectivity index (χ1v) is 8.00. The van der Waals surface area contributed by atoms with Crippen molar-refractivity contribution >= 4 is 54.5 Å². The first-order chi connectivity index (χ1) is 10.6. The summed E-state index contributed by atoms with van der Waals surface area (Å²) >= 11 is 6.88. The zero-order chi connectivity index (χ0) is 15.5. The Morgan fingerprint density at radius 3 is 2.59 bits per heavy atom. The van der Waals surface area contributed by atoms with Gasteiger partial charge in [0.15, 0.2) is 5.75 Å². The maximum Gasteiger partial charge on any atom is 0.417 e. The normalized spacial score (nSPS) is 10.5. The van der Waals surface area contributed by atoms with Crippen molar-refractivity contribution in [1.29, 1.82) is 0 Å². The number of aromatic nitrogens is 1. The van der Waals surface area contributed by atoms with Crippen LogP contribution < -0.4 is 10.1 Å². The van der Waals surface area contributed by atoms with Gasteiger partial charge in [0, 0.05) is 21.7 Å². The van der Waals surface area contributed by atoms with E-state index in [1.807, 2.05) is 36.4 Å². The van der Waals surface area contributed by atoms with E-state index >= 15 is 0 Å². The summed E-state index contributed by atoms with van der Waals surface area (Å²) in [6, 6.07) is 14.7. The Hall–Kier alpha value is -1.92. The van der Waals surface area contributed by atoms with Crippen LogP contribution in [0.3, 0.4) is 0 Å². The number of nitrogens with zero attached hydrogens (tertiary/aromatic N) is 1. The molecule has 1 amide bonds. The Kier molecular flexibility index (Phi) is 4.40. The number of hydrogen-bond acceptors (Lipinski definition) is 3. The average Bonchev–Trinajstić information content (AvgIpc) is 2.52. The number of nitrogens with one attached hydrogen (secondary N) is 1. The van der Waals surface area contributed by atoms with Crippen molar-refractivity contribution < 1.29 is 9.53 Å². The molecule has 4 nitrogen and oxygen atoms in total. The van der Waals surface area contributed by atoms with Gasteiger partial charge in [-0.2, -0.15) is 0 Å². The number of amides is 1. The topological polar surface area (TPSA) is 51.2 Å². The average molecular weight is 422 g/mol. The largest absolute Gasteiger partial charge is 0.417 e. The Morgan fingerprint density at radius 1 is 1.05 bits per heavy atom. The zero-order valence-corrected chi connectivity index (χ0v) is 14.4. The second-order valence-electron chi connectivity index (χ2n) is 4.45. The lowest BCUT2D eigenvalue weighted by molar-refractivity contribution is 0.215. The van der Waals surface area contributed by atoms with E-state index in [0.29, 0.717) is 21.4 Å². The van der Waals surface area contributed by atoms with E-state index in [-0.39, 0.29) is 0 Å². The number of carbonyl (C=O) groups is 1. The van der Waals surface area contributed by atoms with E-state index in [4.69, 9.17) is 4.74 Å². The third-order valence-electron chi connectivity index (χ3n) is 2.97. The fourth-order valence-electron chi connectivity index (χ4n) is 2.00. The van der Waals surface area contributed by atoms with E-state index in [1.165, 1.54) is 0 Å². The standard InChI is InChI=1S/C16H10Br2N2O2/c17-12-9-13(18)15(14-11(12)7-4-8-19-14)22-16(21)20-10-5-2-1-3-6-10/h1-9H,(H,20,21). The number of para-hydroxylation sites is 1. The smallest absolute Gasteiger partial charge is 0.407 e. The van der Waals surface area contributed by atoms with Gasteiger partial charge in [-0.3, -0.25) is 10.3 Å². The first kappa shape index (κ1) is 15.0. The number of rotatable bonds is 2. The highest BCUT2D eigenvalue weighted by atomic mass is 79.9. The predicted octanol–water partition coefficient (Wildman–Crippen LogP) is 5.37. The molecule has 1 aromatic heterocycles. The van der Waals surface area contributed by atoms with Crippen LogP contribution in [0.25, 0.3) is 10.9 Å². The SMILES string of the molecule is O=C(Nc1ccccc1)Oc1c(Br)cc(Br)c2cccnc12.